The topological polar surface area (TPSA) is 39.2 Å². The Kier molecular flexibility index (Phi) is 1.27. The number of hydrogen-bond donors (Lipinski definition) is 1. The highest BCUT2D eigenvalue weighted by Crippen LogP contribution is 2.27. The van der Waals surface area contributed by atoms with Gasteiger partial charge in [0.1, 0.15) is 5.76 Å². The molecule has 1 unspecified atom stereocenters. The van der Waals surface area contributed by atoms with E-state index in [1.165, 1.54) is 12.0 Å². The molecule has 1 heterocycles. The van der Waals surface area contributed by atoms with E-state index in [4.69, 9.17) is 10.2 Å². The van der Waals surface area contributed by atoms with Gasteiger partial charge >= 0.3 is 0 Å². The van der Waals surface area contributed by atoms with Crippen LogP contribution in [0.15, 0.2) is 16.7 Å². The van der Waals surface area contributed by atoms with Crippen LogP contribution in [0.2, 0.25) is 0 Å². The van der Waals surface area contributed by atoms with Crippen LogP contribution in [-0.4, -0.2) is 0 Å². The fourth-order valence-corrected chi connectivity index (χ4v) is 1.52. The monoisotopic (exact) mass is 137 g/mol. The SMILES string of the molecule is NC1CCCc2ccoc21. The van der Waals surface area contributed by atoms with Crippen LogP contribution in [0.1, 0.15) is 30.2 Å². The third-order valence-corrected chi connectivity index (χ3v) is 2.08. The first-order chi connectivity index (χ1) is 4.88. The normalized spacial score (nSPS) is 24.3. The molecule has 1 aromatic rings. The minimum absolute atomic E-state index is 0.152. The average molecular weight is 137 g/mol. The standard InChI is InChI=1S/C8H11NO/c9-7-3-1-2-6-4-5-10-8(6)7/h4-5,7H,1-3,9H2. The van der Waals surface area contributed by atoms with E-state index in [9.17, 15) is 0 Å². The van der Waals surface area contributed by atoms with Crippen LogP contribution < -0.4 is 5.73 Å². The number of fused-ring (bicyclic) bond motifs is 1. The van der Waals surface area contributed by atoms with Gasteiger partial charge in [-0.2, -0.15) is 0 Å². The van der Waals surface area contributed by atoms with Gasteiger partial charge in [-0.05, 0) is 30.9 Å². The summed E-state index contributed by atoms with van der Waals surface area (Å²) in [5.74, 6) is 1.01. The smallest absolute Gasteiger partial charge is 0.123 e. The van der Waals surface area contributed by atoms with Gasteiger partial charge in [0.2, 0.25) is 0 Å². The summed E-state index contributed by atoms with van der Waals surface area (Å²) in [6.07, 6.45) is 5.14. The van der Waals surface area contributed by atoms with E-state index >= 15 is 0 Å². The van der Waals surface area contributed by atoms with Crippen LogP contribution in [0.25, 0.3) is 0 Å². The average Bonchev–Trinajstić information content (AvgIpc) is 2.36. The Labute approximate surface area is 60.0 Å². The molecule has 1 aromatic heterocycles. The Balaban J connectivity index is 2.41. The van der Waals surface area contributed by atoms with Crippen molar-refractivity contribution >= 4 is 0 Å². The molecule has 0 amide bonds. The van der Waals surface area contributed by atoms with Gasteiger partial charge < -0.3 is 10.2 Å². The fourth-order valence-electron chi connectivity index (χ4n) is 1.52. The molecule has 2 heteroatoms. The third kappa shape index (κ3) is 0.762. The van der Waals surface area contributed by atoms with Gasteiger partial charge in [0.15, 0.2) is 0 Å². The van der Waals surface area contributed by atoms with Crippen molar-refractivity contribution in [3.63, 3.8) is 0 Å². The van der Waals surface area contributed by atoms with Crippen LogP contribution in [-0.2, 0) is 6.42 Å². The van der Waals surface area contributed by atoms with E-state index in [1.54, 1.807) is 6.26 Å². The zero-order valence-electron chi connectivity index (χ0n) is 5.84. The number of aryl methyl sites for hydroxylation is 1. The molecule has 10 heavy (non-hydrogen) atoms. The maximum absolute atomic E-state index is 5.80. The molecule has 54 valence electrons. The summed E-state index contributed by atoms with van der Waals surface area (Å²) in [5.41, 5.74) is 7.10. The first-order valence-electron chi connectivity index (χ1n) is 3.70. The van der Waals surface area contributed by atoms with Crippen LogP contribution >= 0.6 is 0 Å². The van der Waals surface area contributed by atoms with Gasteiger partial charge in [-0.15, -0.1) is 0 Å². The van der Waals surface area contributed by atoms with Gasteiger partial charge in [-0.25, -0.2) is 0 Å². The summed E-state index contributed by atoms with van der Waals surface area (Å²) in [5, 5.41) is 0. The fraction of sp³-hybridized carbons (Fsp3) is 0.500. The molecular weight excluding hydrogens is 126 g/mol. The van der Waals surface area contributed by atoms with Gasteiger partial charge in [0, 0.05) is 0 Å². The Morgan fingerprint density at radius 1 is 1.60 bits per heavy atom. The molecule has 1 atom stereocenters. The van der Waals surface area contributed by atoms with Crippen LogP contribution in [0.3, 0.4) is 0 Å². The van der Waals surface area contributed by atoms with Crippen LogP contribution in [0, 0.1) is 0 Å². The summed E-state index contributed by atoms with van der Waals surface area (Å²) in [6, 6.07) is 2.17. The Morgan fingerprint density at radius 3 is 3.30 bits per heavy atom. The lowest BCUT2D eigenvalue weighted by molar-refractivity contribution is 0.423. The summed E-state index contributed by atoms with van der Waals surface area (Å²) < 4.78 is 5.24. The van der Waals surface area contributed by atoms with E-state index < -0.39 is 0 Å². The maximum Gasteiger partial charge on any atom is 0.123 e. The molecule has 0 saturated carbocycles. The minimum Gasteiger partial charge on any atom is -0.467 e. The lowest BCUT2D eigenvalue weighted by atomic mass is 9.95. The third-order valence-electron chi connectivity index (χ3n) is 2.08. The highest BCUT2D eigenvalue weighted by Gasteiger charge is 2.18. The van der Waals surface area contributed by atoms with E-state index in [2.05, 4.69) is 0 Å². The lowest BCUT2D eigenvalue weighted by Crippen LogP contribution is -2.15. The molecule has 0 saturated heterocycles. The Bertz CT molecular complexity index is 229. The first-order valence-corrected chi connectivity index (χ1v) is 3.70. The summed E-state index contributed by atoms with van der Waals surface area (Å²) in [6.45, 7) is 0. The quantitative estimate of drug-likeness (QED) is 0.590. The largest absolute Gasteiger partial charge is 0.467 e. The molecule has 1 aliphatic carbocycles. The molecule has 2 nitrogen and oxygen atoms in total. The van der Waals surface area contributed by atoms with Gasteiger partial charge in [0.25, 0.3) is 0 Å². The van der Waals surface area contributed by atoms with E-state index in [0.29, 0.717) is 0 Å². The number of furan rings is 1. The molecule has 2 rings (SSSR count). The molecular formula is C8H11NO. The second-order valence-corrected chi connectivity index (χ2v) is 2.81. The molecule has 0 aromatic carbocycles. The molecule has 0 bridgehead atoms. The van der Waals surface area contributed by atoms with E-state index in [-0.39, 0.29) is 6.04 Å². The zero-order valence-corrected chi connectivity index (χ0v) is 5.84. The molecule has 0 spiro atoms. The van der Waals surface area contributed by atoms with Crippen molar-refractivity contribution in [3.05, 3.63) is 23.7 Å². The maximum atomic E-state index is 5.80. The summed E-state index contributed by atoms with van der Waals surface area (Å²) >= 11 is 0. The molecule has 1 aliphatic rings. The van der Waals surface area contributed by atoms with Crippen molar-refractivity contribution in [1.29, 1.82) is 0 Å². The van der Waals surface area contributed by atoms with E-state index in [0.717, 1.165) is 18.6 Å². The highest BCUT2D eigenvalue weighted by molar-refractivity contribution is 5.22. The van der Waals surface area contributed by atoms with Crippen molar-refractivity contribution in [2.24, 2.45) is 5.73 Å². The molecule has 2 N–H and O–H groups in total. The van der Waals surface area contributed by atoms with Crippen LogP contribution in [0.4, 0.5) is 0 Å². The van der Waals surface area contributed by atoms with Crippen molar-refractivity contribution in [2.75, 3.05) is 0 Å². The van der Waals surface area contributed by atoms with Crippen molar-refractivity contribution < 1.29 is 4.42 Å². The molecule has 0 aliphatic heterocycles. The highest BCUT2D eigenvalue weighted by atomic mass is 16.3. The van der Waals surface area contributed by atoms with Crippen LogP contribution in [0.5, 0.6) is 0 Å². The number of rotatable bonds is 0. The van der Waals surface area contributed by atoms with Gasteiger partial charge in [-0.3, -0.25) is 0 Å². The van der Waals surface area contributed by atoms with Gasteiger partial charge in [0.05, 0.1) is 12.3 Å². The number of nitrogens with two attached hydrogens (primary N) is 1. The zero-order chi connectivity index (χ0) is 6.97. The van der Waals surface area contributed by atoms with Crippen molar-refractivity contribution in [2.45, 2.75) is 25.3 Å². The minimum atomic E-state index is 0.152. The number of hydrogen-bond acceptors (Lipinski definition) is 2. The lowest BCUT2D eigenvalue weighted by Gasteiger charge is -2.15. The summed E-state index contributed by atoms with van der Waals surface area (Å²) in [4.78, 5) is 0. The Morgan fingerprint density at radius 2 is 2.50 bits per heavy atom. The second-order valence-electron chi connectivity index (χ2n) is 2.81. The van der Waals surface area contributed by atoms with Crippen molar-refractivity contribution in [3.8, 4) is 0 Å². The Hall–Kier alpha value is -0.760. The molecule has 0 radical (unpaired) electrons. The predicted octanol–water partition coefficient (Wildman–Crippen LogP) is 1.62. The second kappa shape index (κ2) is 2.13. The molecule has 0 fully saturated rings. The van der Waals surface area contributed by atoms with Gasteiger partial charge in [-0.1, -0.05) is 0 Å². The summed E-state index contributed by atoms with van der Waals surface area (Å²) in [7, 11) is 0. The van der Waals surface area contributed by atoms with Crippen molar-refractivity contribution in [1.82, 2.24) is 0 Å². The predicted molar refractivity (Wildman–Crippen MR) is 38.6 cm³/mol. The first kappa shape index (κ1) is 5.98. The van der Waals surface area contributed by atoms with E-state index in [1.807, 2.05) is 6.07 Å².